The van der Waals surface area contributed by atoms with Crippen LogP contribution in [0.4, 0.5) is 0 Å². The monoisotopic (exact) mass is 268 g/mol. The highest BCUT2D eigenvalue weighted by atomic mass is 79.9. The summed E-state index contributed by atoms with van der Waals surface area (Å²) >= 11 is 3.44. The molecule has 0 radical (unpaired) electrons. The Bertz CT molecular complexity index is 330. The van der Waals surface area contributed by atoms with Gasteiger partial charge in [0.1, 0.15) is 0 Å². The van der Waals surface area contributed by atoms with Gasteiger partial charge in [-0.05, 0) is 37.6 Å². The summed E-state index contributed by atoms with van der Waals surface area (Å²) in [7, 11) is 2.17. The van der Waals surface area contributed by atoms with Crippen LogP contribution >= 0.6 is 15.9 Å². The molecule has 2 nitrogen and oxygen atoms in total. The van der Waals surface area contributed by atoms with Gasteiger partial charge in [0.25, 0.3) is 0 Å². The van der Waals surface area contributed by atoms with E-state index in [4.69, 9.17) is 5.73 Å². The van der Waals surface area contributed by atoms with E-state index in [0.717, 1.165) is 17.6 Å². The van der Waals surface area contributed by atoms with E-state index in [-0.39, 0.29) is 0 Å². The predicted octanol–water partition coefficient (Wildman–Crippen LogP) is 2.37. The molecule has 0 atom stereocenters. The van der Waals surface area contributed by atoms with Gasteiger partial charge in [-0.15, -0.1) is 0 Å². The molecule has 1 fully saturated rings. The Hall–Kier alpha value is -0.380. The lowest BCUT2D eigenvalue weighted by Crippen LogP contribution is -2.39. The molecular formula is C12H17BrN2. The van der Waals surface area contributed by atoms with Gasteiger partial charge in [0.15, 0.2) is 0 Å². The third kappa shape index (κ3) is 2.41. The number of rotatable bonds is 4. The van der Waals surface area contributed by atoms with Crippen molar-refractivity contribution in [2.75, 3.05) is 13.6 Å². The Morgan fingerprint density at radius 2 is 1.93 bits per heavy atom. The van der Waals surface area contributed by atoms with Crippen molar-refractivity contribution in [3.63, 3.8) is 0 Å². The van der Waals surface area contributed by atoms with Gasteiger partial charge in [-0.2, -0.15) is 0 Å². The molecule has 0 aliphatic heterocycles. The summed E-state index contributed by atoms with van der Waals surface area (Å²) in [5.74, 6) is 0. The SMILES string of the molecule is CN(Cc1ccc(Br)cc1)C1(CN)CC1. The van der Waals surface area contributed by atoms with E-state index in [9.17, 15) is 0 Å². The second kappa shape index (κ2) is 4.24. The van der Waals surface area contributed by atoms with Crippen LogP contribution in [0.25, 0.3) is 0 Å². The van der Waals surface area contributed by atoms with Crippen LogP contribution < -0.4 is 5.73 Å². The standard InChI is InChI=1S/C12H17BrN2/c1-15(12(9-14)6-7-12)8-10-2-4-11(13)5-3-10/h2-5H,6-9,14H2,1H3. The molecule has 15 heavy (non-hydrogen) atoms. The number of hydrogen-bond acceptors (Lipinski definition) is 2. The average molecular weight is 269 g/mol. The number of halogens is 1. The van der Waals surface area contributed by atoms with Crippen molar-refractivity contribution in [1.29, 1.82) is 0 Å². The van der Waals surface area contributed by atoms with Crippen LogP contribution in [0.5, 0.6) is 0 Å². The zero-order chi connectivity index (χ0) is 10.9. The minimum Gasteiger partial charge on any atom is -0.329 e. The molecule has 1 aromatic carbocycles. The predicted molar refractivity (Wildman–Crippen MR) is 66.6 cm³/mol. The van der Waals surface area contributed by atoms with Crippen molar-refractivity contribution in [1.82, 2.24) is 4.90 Å². The maximum absolute atomic E-state index is 5.80. The van der Waals surface area contributed by atoms with Gasteiger partial charge >= 0.3 is 0 Å². The molecule has 2 rings (SSSR count). The number of nitrogens with zero attached hydrogens (tertiary/aromatic N) is 1. The second-order valence-electron chi connectivity index (χ2n) is 4.41. The first-order valence-electron chi connectivity index (χ1n) is 5.32. The number of benzene rings is 1. The van der Waals surface area contributed by atoms with Crippen molar-refractivity contribution in [2.24, 2.45) is 5.73 Å². The molecule has 0 amide bonds. The molecule has 0 aromatic heterocycles. The zero-order valence-electron chi connectivity index (χ0n) is 9.04. The summed E-state index contributed by atoms with van der Waals surface area (Å²) in [5, 5.41) is 0. The lowest BCUT2D eigenvalue weighted by Gasteiger charge is -2.26. The second-order valence-corrected chi connectivity index (χ2v) is 5.33. The van der Waals surface area contributed by atoms with Crippen LogP contribution in [0.3, 0.4) is 0 Å². The third-order valence-electron chi connectivity index (χ3n) is 3.35. The molecule has 82 valence electrons. The Kier molecular flexibility index (Phi) is 3.14. The van der Waals surface area contributed by atoms with Gasteiger partial charge in [-0.25, -0.2) is 0 Å². The summed E-state index contributed by atoms with van der Waals surface area (Å²) in [6.07, 6.45) is 2.49. The summed E-state index contributed by atoms with van der Waals surface area (Å²) < 4.78 is 1.13. The molecule has 3 heteroatoms. The lowest BCUT2D eigenvalue weighted by molar-refractivity contribution is 0.218. The van der Waals surface area contributed by atoms with Crippen molar-refractivity contribution in [2.45, 2.75) is 24.9 Å². The van der Waals surface area contributed by atoms with Crippen molar-refractivity contribution >= 4 is 15.9 Å². The van der Waals surface area contributed by atoms with Crippen LogP contribution in [-0.4, -0.2) is 24.0 Å². The third-order valence-corrected chi connectivity index (χ3v) is 3.88. The zero-order valence-corrected chi connectivity index (χ0v) is 10.6. The number of nitrogens with two attached hydrogens (primary N) is 1. The van der Waals surface area contributed by atoms with E-state index >= 15 is 0 Å². The summed E-state index contributed by atoms with van der Waals surface area (Å²) in [5.41, 5.74) is 7.44. The molecule has 2 N–H and O–H groups in total. The van der Waals surface area contributed by atoms with Gasteiger partial charge < -0.3 is 5.73 Å². The minimum atomic E-state index is 0.299. The largest absolute Gasteiger partial charge is 0.329 e. The van der Waals surface area contributed by atoms with Crippen molar-refractivity contribution in [3.05, 3.63) is 34.3 Å². The van der Waals surface area contributed by atoms with E-state index in [1.807, 2.05) is 0 Å². The number of likely N-dealkylation sites (N-methyl/N-ethyl adjacent to an activating group) is 1. The van der Waals surface area contributed by atoms with Crippen LogP contribution in [0.1, 0.15) is 18.4 Å². The highest BCUT2D eigenvalue weighted by molar-refractivity contribution is 9.10. The Morgan fingerprint density at radius 3 is 2.40 bits per heavy atom. The van der Waals surface area contributed by atoms with Gasteiger partial charge in [-0.3, -0.25) is 4.90 Å². The average Bonchev–Trinajstić information content (AvgIpc) is 3.02. The van der Waals surface area contributed by atoms with E-state index in [0.29, 0.717) is 5.54 Å². The lowest BCUT2D eigenvalue weighted by atomic mass is 10.1. The molecular weight excluding hydrogens is 252 g/mol. The maximum atomic E-state index is 5.80. The molecule has 1 aromatic rings. The summed E-state index contributed by atoms with van der Waals surface area (Å²) in [6, 6.07) is 8.50. The Balaban J connectivity index is 2.00. The van der Waals surface area contributed by atoms with Gasteiger partial charge in [-0.1, -0.05) is 28.1 Å². The molecule has 1 aliphatic rings. The van der Waals surface area contributed by atoms with Crippen molar-refractivity contribution < 1.29 is 0 Å². The number of hydrogen-bond donors (Lipinski definition) is 1. The van der Waals surface area contributed by atoms with Crippen LogP contribution in [0.2, 0.25) is 0 Å². The first-order chi connectivity index (χ1) is 7.16. The first-order valence-corrected chi connectivity index (χ1v) is 6.11. The van der Waals surface area contributed by atoms with E-state index in [2.05, 4.69) is 52.1 Å². The molecule has 0 unspecified atom stereocenters. The van der Waals surface area contributed by atoms with Crippen LogP contribution in [0, 0.1) is 0 Å². The first kappa shape index (κ1) is 11.1. The Morgan fingerprint density at radius 1 is 1.33 bits per heavy atom. The fourth-order valence-corrected chi connectivity index (χ4v) is 2.18. The van der Waals surface area contributed by atoms with Crippen LogP contribution in [-0.2, 0) is 6.54 Å². The summed E-state index contributed by atoms with van der Waals surface area (Å²) in [4.78, 5) is 2.39. The molecule has 0 saturated heterocycles. The minimum absolute atomic E-state index is 0.299. The molecule has 0 heterocycles. The van der Waals surface area contributed by atoms with E-state index < -0.39 is 0 Å². The highest BCUT2D eigenvalue weighted by Gasteiger charge is 2.44. The highest BCUT2D eigenvalue weighted by Crippen LogP contribution is 2.40. The van der Waals surface area contributed by atoms with Gasteiger partial charge in [0, 0.05) is 23.1 Å². The maximum Gasteiger partial charge on any atom is 0.0333 e. The Labute approximate surface area is 99.6 Å². The van der Waals surface area contributed by atoms with Gasteiger partial charge in [0.2, 0.25) is 0 Å². The quantitative estimate of drug-likeness (QED) is 0.909. The fraction of sp³-hybridized carbons (Fsp3) is 0.500. The van der Waals surface area contributed by atoms with E-state index in [1.54, 1.807) is 0 Å². The molecule has 1 aliphatic carbocycles. The van der Waals surface area contributed by atoms with E-state index in [1.165, 1.54) is 18.4 Å². The van der Waals surface area contributed by atoms with Gasteiger partial charge in [0.05, 0.1) is 0 Å². The fourth-order valence-electron chi connectivity index (χ4n) is 1.92. The topological polar surface area (TPSA) is 29.3 Å². The molecule has 0 bridgehead atoms. The molecule has 1 saturated carbocycles. The van der Waals surface area contributed by atoms with Crippen molar-refractivity contribution in [3.8, 4) is 0 Å². The van der Waals surface area contributed by atoms with Crippen LogP contribution in [0.15, 0.2) is 28.7 Å². The summed E-state index contributed by atoms with van der Waals surface area (Å²) in [6.45, 7) is 1.77. The smallest absolute Gasteiger partial charge is 0.0333 e. The normalized spacial score (nSPS) is 18.1. The molecule has 0 spiro atoms.